The Morgan fingerprint density at radius 2 is 0.580 bits per heavy atom. The second-order valence-corrected chi connectivity index (χ2v) is 16.6. The molecule has 0 saturated heterocycles. The van der Waals surface area contributed by atoms with Gasteiger partial charge in [-0.2, -0.15) is 0 Å². The molecule has 326 valence electrons. The molecular formula is C66H46N2O. The summed E-state index contributed by atoms with van der Waals surface area (Å²) in [6.45, 7) is 0. The molecule has 0 bridgehead atoms. The Bertz CT molecular complexity index is 4010. The van der Waals surface area contributed by atoms with Gasteiger partial charge in [0.2, 0.25) is 0 Å². The first-order chi connectivity index (χ1) is 38.3. The Morgan fingerprint density at radius 1 is 0.246 bits per heavy atom. The summed E-state index contributed by atoms with van der Waals surface area (Å²) >= 11 is 0. The van der Waals surface area contributed by atoms with Crippen LogP contribution in [-0.2, 0) is 0 Å². The third kappa shape index (κ3) is 8.35. The second kappa shape index (κ2) is 18.2. The van der Waals surface area contributed by atoms with Crippen LogP contribution >= 0.6 is 0 Å². The van der Waals surface area contributed by atoms with Crippen LogP contribution in [0.25, 0.3) is 77.6 Å². The number of furan rings is 1. The molecule has 1 heterocycles. The van der Waals surface area contributed by atoms with E-state index in [0.717, 1.165) is 89.4 Å². The van der Waals surface area contributed by atoms with E-state index in [2.05, 4.69) is 94.7 Å². The summed E-state index contributed by atoms with van der Waals surface area (Å²) in [5.74, 6) is 0. The average molecular weight is 893 g/mol. The normalized spacial score (nSPS) is 13.2. The molecule has 0 fully saturated rings. The molecule has 0 amide bonds. The van der Waals surface area contributed by atoms with Gasteiger partial charge in [0.15, 0.2) is 0 Å². The van der Waals surface area contributed by atoms with Gasteiger partial charge in [-0.05, 0) is 165 Å². The zero-order chi connectivity index (χ0) is 54.6. The summed E-state index contributed by atoms with van der Waals surface area (Å²) in [6.07, 6.45) is 0. The highest BCUT2D eigenvalue weighted by Crippen LogP contribution is 2.41. The minimum Gasteiger partial charge on any atom is -0.456 e. The number of hydrogen-bond acceptors (Lipinski definition) is 3. The van der Waals surface area contributed by atoms with E-state index in [9.17, 15) is 0 Å². The molecule has 0 aliphatic carbocycles. The van der Waals surface area contributed by atoms with Crippen molar-refractivity contribution in [2.75, 3.05) is 9.80 Å². The van der Waals surface area contributed by atoms with E-state index in [1.54, 1.807) is 24.3 Å². The standard InChI is InChI=1S/C66H46N2O/c1-5-15-47(16-6-1)49-25-34-59(35-26-49)67(57-19-9-3-10-20-57)61-38-29-51(30-39-61)54-43-55(45-56(44-54)53-33-42-66-64(46-53)63-23-13-14-24-65(63)69-66)52-31-40-62(41-32-52)68(58-21-11-4-12-22-58)60-36-27-50(28-37-60)48-17-7-2-8-18-48/h1-46H/i1D,2D,5D,6D,7D,8D,15D,16D,17D,18D. The highest BCUT2D eigenvalue weighted by atomic mass is 16.3. The number of hydrogen-bond donors (Lipinski definition) is 0. The van der Waals surface area contributed by atoms with Crippen LogP contribution in [0, 0.1) is 0 Å². The van der Waals surface area contributed by atoms with Crippen molar-refractivity contribution in [3.8, 4) is 55.6 Å². The van der Waals surface area contributed by atoms with Crippen molar-refractivity contribution in [1.82, 2.24) is 0 Å². The van der Waals surface area contributed by atoms with E-state index in [4.69, 9.17) is 18.1 Å². The lowest BCUT2D eigenvalue weighted by Crippen LogP contribution is -2.09. The highest BCUT2D eigenvalue weighted by molar-refractivity contribution is 6.06. The van der Waals surface area contributed by atoms with Crippen molar-refractivity contribution in [1.29, 1.82) is 0 Å². The lowest BCUT2D eigenvalue weighted by atomic mass is 9.92. The lowest BCUT2D eigenvalue weighted by Gasteiger charge is -2.26. The molecule has 12 aromatic rings. The fraction of sp³-hybridized carbons (Fsp3) is 0. The molecule has 0 saturated carbocycles. The van der Waals surface area contributed by atoms with Gasteiger partial charge >= 0.3 is 0 Å². The molecule has 1 aromatic heterocycles. The molecular weight excluding hydrogens is 837 g/mol. The Kier molecular flexibility index (Phi) is 8.38. The molecule has 0 atom stereocenters. The molecule has 0 aliphatic rings. The van der Waals surface area contributed by atoms with Crippen molar-refractivity contribution < 1.29 is 18.1 Å². The number of benzene rings is 11. The Labute approximate surface area is 417 Å². The van der Waals surface area contributed by atoms with Gasteiger partial charge in [0.25, 0.3) is 0 Å². The first kappa shape index (κ1) is 31.7. The number of fused-ring (bicyclic) bond motifs is 3. The van der Waals surface area contributed by atoms with Gasteiger partial charge < -0.3 is 14.2 Å². The fourth-order valence-corrected chi connectivity index (χ4v) is 9.03. The summed E-state index contributed by atoms with van der Waals surface area (Å²) in [4.78, 5) is 4.24. The first-order valence-electron chi connectivity index (χ1n) is 27.7. The lowest BCUT2D eigenvalue weighted by molar-refractivity contribution is 0.669. The number of rotatable bonds is 11. The van der Waals surface area contributed by atoms with Gasteiger partial charge in [-0.1, -0.05) is 170 Å². The summed E-state index contributed by atoms with van der Waals surface area (Å²) in [7, 11) is 0. The molecule has 69 heavy (non-hydrogen) atoms. The van der Waals surface area contributed by atoms with Crippen LogP contribution in [0.15, 0.2) is 283 Å². The van der Waals surface area contributed by atoms with Crippen molar-refractivity contribution in [3.05, 3.63) is 279 Å². The topological polar surface area (TPSA) is 19.6 Å². The monoisotopic (exact) mass is 892 g/mol. The fourth-order valence-electron chi connectivity index (χ4n) is 9.03. The zero-order valence-corrected chi connectivity index (χ0v) is 37.1. The maximum atomic E-state index is 8.57. The third-order valence-corrected chi connectivity index (χ3v) is 12.4. The van der Waals surface area contributed by atoms with Crippen LogP contribution in [-0.4, -0.2) is 0 Å². The van der Waals surface area contributed by atoms with Gasteiger partial charge in [0, 0.05) is 44.9 Å². The van der Waals surface area contributed by atoms with Gasteiger partial charge in [0.05, 0.1) is 13.7 Å². The number of para-hydroxylation sites is 3. The van der Waals surface area contributed by atoms with Crippen LogP contribution in [0.3, 0.4) is 0 Å². The SMILES string of the molecule is [2H]c1c([2H])c([2H])c(-c2ccc(N(c3ccccc3)c3ccc(-c4cc(-c5ccc(N(c6ccccc6)c6ccc(-c7c([2H])c([2H])c([2H])c([2H])c7[2H])cc6)cc5)cc(-c5ccc6oc7ccccc7c6c5)c4)cc3)cc2)c([2H])c1[2H]. The van der Waals surface area contributed by atoms with E-state index >= 15 is 0 Å². The largest absolute Gasteiger partial charge is 0.456 e. The van der Waals surface area contributed by atoms with Gasteiger partial charge in [-0.25, -0.2) is 0 Å². The number of anilines is 6. The quantitative estimate of drug-likeness (QED) is 0.129. The zero-order valence-electron chi connectivity index (χ0n) is 47.1. The molecule has 11 aromatic carbocycles. The van der Waals surface area contributed by atoms with E-state index in [0.29, 0.717) is 11.1 Å². The van der Waals surface area contributed by atoms with Gasteiger partial charge in [-0.3, -0.25) is 0 Å². The van der Waals surface area contributed by atoms with Crippen molar-refractivity contribution >= 4 is 56.1 Å². The smallest absolute Gasteiger partial charge is 0.135 e. The van der Waals surface area contributed by atoms with Crippen molar-refractivity contribution in [2.45, 2.75) is 0 Å². The third-order valence-electron chi connectivity index (χ3n) is 12.4. The summed E-state index contributed by atoms with van der Waals surface area (Å²) in [5, 5.41) is 2.07. The van der Waals surface area contributed by atoms with Crippen LogP contribution in [0.5, 0.6) is 0 Å². The molecule has 0 N–H and O–H groups in total. The van der Waals surface area contributed by atoms with E-state index in [-0.39, 0.29) is 59.5 Å². The molecule has 0 aliphatic heterocycles. The van der Waals surface area contributed by atoms with Crippen LogP contribution in [0.4, 0.5) is 34.1 Å². The van der Waals surface area contributed by atoms with Crippen molar-refractivity contribution in [2.24, 2.45) is 0 Å². The number of nitrogens with zero attached hydrogens (tertiary/aromatic N) is 2. The molecule has 0 radical (unpaired) electrons. The van der Waals surface area contributed by atoms with Gasteiger partial charge in [0.1, 0.15) is 11.2 Å². The minimum absolute atomic E-state index is 0.152. The molecule has 0 spiro atoms. The second-order valence-electron chi connectivity index (χ2n) is 16.6. The first-order valence-corrected chi connectivity index (χ1v) is 22.7. The summed E-state index contributed by atoms with van der Waals surface area (Å²) in [6, 6.07) is 69.3. The molecule has 0 unspecified atom stereocenters. The van der Waals surface area contributed by atoms with Crippen LogP contribution in [0.1, 0.15) is 13.7 Å². The van der Waals surface area contributed by atoms with Crippen LogP contribution < -0.4 is 9.80 Å². The van der Waals surface area contributed by atoms with Crippen molar-refractivity contribution in [3.63, 3.8) is 0 Å². The van der Waals surface area contributed by atoms with Crippen LogP contribution in [0.2, 0.25) is 0 Å². The Hall–Kier alpha value is -9.18. The summed E-state index contributed by atoms with van der Waals surface area (Å²) < 4.78 is 89.7. The highest BCUT2D eigenvalue weighted by Gasteiger charge is 2.17. The molecule has 12 rings (SSSR count). The molecule has 3 heteroatoms. The Balaban J connectivity index is 0.926. The van der Waals surface area contributed by atoms with E-state index < -0.39 is 12.1 Å². The Morgan fingerprint density at radius 3 is 1.01 bits per heavy atom. The minimum atomic E-state index is -0.427. The predicted octanol–water partition coefficient (Wildman–Crippen LogP) is 18.9. The molecule has 3 nitrogen and oxygen atoms in total. The maximum absolute atomic E-state index is 8.57. The van der Waals surface area contributed by atoms with Gasteiger partial charge in [-0.15, -0.1) is 0 Å². The predicted molar refractivity (Wildman–Crippen MR) is 290 cm³/mol. The summed E-state index contributed by atoms with van der Waals surface area (Å²) in [5.41, 5.74) is 14.3. The van der Waals surface area contributed by atoms with E-state index in [1.807, 2.05) is 109 Å². The van der Waals surface area contributed by atoms with E-state index in [1.165, 1.54) is 0 Å². The average Bonchev–Trinajstić information content (AvgIpc) is 3.99. The maximum Gasteiger partial charge on any atom is 0.135 e.